The van der Waals surface area contributed by atoms with Crippen molar-refractivity contribution in [1.82, 2.24) is 9.21 Å². The third kappa shape index (κ3) is 6.49. The number of nitrogens with zero attached hydrogens (tertiary/aromatic N) is 3. The number of hydrogen-bond donors (Lipinski definition) is 0. The monoisotopic (exact) mass is 485 g/mol. The van der Waals surface area contributed by atoms with E-state index in [1.807, 2.05) is 38.1 Å². The van der Waals surface area contributed by atoms with Crippen molar-refractivity contribution in [2.75, 3.05) is 26.4 Å². The van der Waals surface area contributed by atoms with Gasteiger partial charge in [0.1, 0.15) is 24.2 Å². The molecule has 34 heavy (non-hydrogen) atoms. The van der Waals surface area contributed by atoms with Crippen molar-refractivity contribution < 1.29 is 22.7 Å². The molecule has 0 N–H and O–H groups in total. The van der Waals surface area contributed by atoms with Crippen molar-refractivity contribution in [2.45, 2.75) is 45.9 Å². The van der Waals surface area contributed by atoms with Gasteiger partial charge in [-0.15, -0.1) is 0 Å². The van der Waals surface area contributed by atoms with E-state index in [1.54, 1.807) is 26.2 Å². The summed E-state index contributed by atoms with van der Waals surface area (Å²) in [6.07, 6.45) is 0.535. The highest BCUT2D eigenvalue weighted by molar-refractivity contribution is 7.89. The second-order valence-corrected chi connectivity index (χ2v) is 10.9. The number of fused-ring (bicyclic) bond motifs is 1. The van der Waals surface area contributed by atoms with Crippen LogP contribution in [0.5, 0.6) is 11.5 Å². The fraction of sp³-hybridized carbons (Fsp3) is 0.440. The molecule has 182 valence electrons. The summed E-state index contributed by atoms with van der Waals surface area (Å²) < 4.78 is 38.4. The van der Waals surface area contributed by atoms with E-state index >= 15 is 0 Å². The van der Waals surface area contributed by atoms with E-state index in [9.17, 15) is 18.5 Å². The van der Waals surface area contributed by atoms with Gasteiger partial charge in [0.15, 0.2) is 0 Å². The number of nitriles is 1. The van der Waals surface area contributed by atoms with E-state index in [0.29, 0.717) is 36.6 Å². The van der Waals surface area contributed by atoms with E-state index in [0.717, 1.165) is 16.7 Å². The van der Waals surface area contributed by atoms with Crippen molar-refractivity contribution in [3.63, 3.8) is 0 Å². The van der Waals surface area contributed by atoms with Crippen LogP contribution in [-0.2, 0) is 34.4 Å². The molecule has 0 saturated carbocycles. The molecule has 0 aliphatic carbocycles. The molecule has 0 aromatic heterocycles. The van der Waals surface area contributed by atoms with Gasteiger partial charge in [-0.1, -0.05) is 12.1 Å². The fourth-order valence-electron chi connectivity index (χ4n) is 3.68. The van der Waals surface area contributed by atoms with Crippen molar-refractivity contribution in [3.8, 4) is 17.6 Å². The van der Waals surface area contributed by atoms with Crippen LogP contribution in [0.15, 0.2) is 36.4 Å². The average Bonchev–Trinajstić information content (AvgIpc) is 2.80. The molecule has 0 unspecified atom stereocenters. The zero-order chi connectivity index (χ0) is 24.9. The Hall–Kier alpha value is -3.09. The van der Waals surface area contributed by atoms with Gasteiger partial charge in [-0.2, -0.15) is 9.57 Å². The molecule has 0 bridgehead atoms. The van der Waals surface area contributed by atoms with Gasteiger partial charge < -0.3 is 14.4 Å². The summed E-state index contributed by atoms with van der Waals surface area (Å²) >= 11 is 0. The van der Waals surface area contributed by atoms with E-state index in [1.165, 1.54) is 9.21 Å². The number of benzene rings is 2. The minimum absolute atomic E-state index is 0.0175. The number of carbonyl (C=O) groups excluding carboxylic acids is 1. The zero-order valence-corrected chi connectivity index (χ0v) is 20.9. The molecule has 2 aromatic rings. The van der Waals surface area contributed by atoms with Crippen LogP contribution in [0, 0.1) is 11.3 Å². The second kappa shape index (κ2) is 10.9. The predicted molar refractivity (Wildman–Crippen MR) is 129 cm³/mol. The first-order valence-corrected chi connectivity index (χ1v) is 12.8. The zero-order valence-electron chi connectivity index (χ0n) is 20.1. The standard InChI is InChI=1S/C25H31N3O5S/c1-18(2)33-24-8-5-19(13-22(24)15-26)17-32-23-7-6-21-16-28(11-9-20(21)14-23)34(30,31)12-10-25(29)27(3)4/h5-8,13-14,18H,9-12,16-17H2,1-4H3. The molecule has 0 atom stereocenters. The number of ether oxygens (including phenoxy) is 2. The Kier molecular flexibility index (Phi) is 8.18. The minimum atomic E-state index is -3.51. The fourth-order valence-corrected chi connectivity index (χ4v) is 5.07. The molecule has 1 aliphatic rings. The van der Waals surface area contributed by atoms with Crippen LogP contribution in [0.3, 0.4) is 0 Å². The van der Waals surface area contributed by atoms with Gasteiger partial charge in [-0.05, 0) is 61.2 Å². The minimum Gasteiger partial charge on any atom is -0.490 e. The van der Waals surface area contributed by atoms with E-state index in [-0.39, 0.29) is 30.7 Å². The first-order chi connectivity index (χ1) is 16.1. The van der Waals surface area contributed by atoms with Crippen molar-refractivity contribution in [1.29, 1.82) is 5.26 Å². The van der Waals surface area contributed by atoms with Gasteiger partial charge in [0, 0.05) is 33.6 Å². The topological polar surface area (TPSA) is 99.9 Å². The van der Waals surface area contributed by atoms with Gasteiger partial charge in [0.2, 0.25) is 15.9 Å². The van der Waals surface area contributed by atoms with Crippen LogP contribution in [0.25, 0.3) is 0 Å². The van der Waals surface area contributed by atoms with E-state index in [2.05, 4.69) is 6.07 Å². The number of carbonyl (C=O) groups is 1. The summed E-state index contributed by atoms with van der Waals surface area (Å²) in [5, 5.41) is 9.40. The number of amides is 1. The Balaban J connectivity index is 1.62. The largest absolute Gasteiger partial charge is 0.490 e. The maximum absolute atomic E-state index is 12.7. The van der Waals surface area contributed by atoms with Crippen LogP contribution in [0.2, 0.25) is 0 Å². The van der Waals surface area contributed by atoms with E-state index < -0.39 is 10.0 Å². The van der Waals surface area contributed by atoms with Crippen molar-refractivity contribution in [3.05, 3.63) is 58.7 Å². The van der Waals surface area contributed by atoms with E-state index in [4.69, 9.17) is 9.47 Å². The lowest BCUT2D eigenvalue weighted by Gasteiger charge is -2.28. The van der Waals surface area contributed by atoms with Crippen LogP contribution in [0.4, 0.5) is 0 Å². The van der Waals surface area contributed by atoms with Crippen LogP contribution in [0.1, 0.15) is 42.5 Å². The Morgan fingerprint density at radius 3 is 2.62 bits per heavy atom. The maximum Gasteiger partial charge on any atom is 0.223 e. The van der Waals surface area contributed by atoms with Crippen LogP contribution < -0.4 is 9.47 Å². The summed E-state index contributed by atoms with van der Waals surface area (Å²) in [6, 6.07) is 13.2. The van der Waals surface area contributed by atoms with Gasteiger partial charge in [-0.25, -0.2) is 8.42 Å². The lowest BCUT2D eigenvalue weighted by Crippen LogP contribution is -2.38. The summed E-state index contributed by atoms with van der Waals surface area (Å²) in [5.74, 6) is 0.853. The van der Waals surface area contributed by atoms with Crippen molar-refractivity contribution in [2.24, 2.45) is 0 Å². The highest BCUT2D eigenvalue weighted by Crippen LogP contribution is 2.27. The molecular formula is C25H31N3O5S. The molecule has 1 heterocycles. The lowest BCUT2D eigenvalue weighted by atomic mass is 10.0. The summed E-state index contributed by atoms with van der Waals surface area (Å²) in [4.78, 5) is 13.2. The summed E-state index contributed by atoms with van der Waals surface area (Å²) in [7, 11) is -0.280. The smallest absolute Gasteiger partial charge is 0.223 e. The SMILES string of the molecule is CC(C)Oc1ccc(COc2ccc3c(c2)CCN(S(=O)(=O)CCC(=O)N(C)C)C3)cc1C#N. The maximum atomic E-state index is 12.7. The summed E-state index contributed by atoms with van der Waals surface area (Å²) in [5.41, 5.74) is 3.30. The molecule has 0 saturated heterocycles. The molecule has 0 radical (unpaired) electrons. The highest BCUT2D eigenvalue weighted by Gasteiger charge is 2.27. The van der Waals surface area contributed by atoms with Crippen LogP contribution >= 0.6 is 0 Å². The number of rotatable bonds is 9. The Morgan fingerprint density at radius 1 is 1.18 bits per heavy atom. The Bertz CT molecular complexity index is 1190. The first-order valence-electron chi connectivity index (χ1n) is 11.2. The van der Waals surface area contributed by atoms with Crippen LogP contribution in [-0.4, -0.2) is 56.0 Å². The third-order valence-corrected chi connectivity index (χ3v) is 7.37. The van der Waals surface area contributed by atoms with Crippen molar-refractivity contribution >= 4 is 15.9 Å². The molecule has 3 rings (SSSR count). The summed E-state index contributed by atoms with van der Waals surface area (Å²) in [6.45, 7) is 4.79. The normalized spacial score (nSPS) is 13.8. The lowest BCUT2D eigenvalue weighted by molar-refractivity contribution is -0.128. The molecule has 8 nitrogen and oxygen atoms in total. The second-order valence-electron chi connectivity index (χ2n) is 8.77. The number of hydrogen-bond acceptors (Lipinski definition) is 6. The first kappa shape index (κ1) is 25.5. The Labute approximate surface area is 201 Å². The van der Waals surface area contributed by atoms with Gasteiger partial charge >= 0.3 is 0 Å². The quantitative estimate of drug-likeness (QED) is 0.541. The molecule has 2 aromatic carbocycles. The molecule has 0 spiro atoms. The Morgan fingerprint density at radius 2 is 1.94 bits per heavy atom. The molecule has 1 aliphatic heterocycles. The molecule has 1 amide bonds. The molecule has 9 heteroatoms. The number of sulfonamides is 1. The molecule has 0 fully saturated rings. The van der Waals surface area contributed by atoms with Gasteiger partial charge in [-0.3, -0.25) is 4.79 Å². The molecular weight excluding hydrogens is 454 g/mol. The third-order valence-electron chi connectivity index (χ3n) is 5.55. The highest BCUT2D eigenvalue weighted by atomic mass is 32.2. The average molecular weight is 486 g/mol. The van der Waals surface area contributed by atoms with Gasteiger partial charge in [0.05, 0.1) is 17.4 Å². The van der Waals surface area contributed by atoms with Gasteiger partial charge in [0.25, 0.3) is 0 Å². The predicted octanol–water partition coefficient (Wildman–Crippen LogP) is 3.09.